The van der Waals surface area contributed by atoms with Gasteiger partial charge in [-0.05, 0) is 24.8 Å². The van der Waals surface area contributed by atoms with Gasteiger partial charge >= 0.3 is 5.97 Å². The van der Waals surface area contributed by atoms with Gasteiger partial charge in [0.1, 0.15) is 0 Å². The van der Waals surface area contributed by atoms with Gasteiger partial charge in [-0.3, -0.25) is 4.79 Å². The number of aryl methyl sites for hydroxylation is 1. The van der Waals surface area contributed by atoms with E-state index >= 15 is 0 Å². The van der Waals surface area contributed by atoms with Crippen LogP contribution < -0.4 is 4.90 Å². The Hall–Kier alpha value is -1.88. The van der Waals surface area contributed by atoms with Crippen molar-refractivity contribution in [2.75, 3.05) is 18.0 Å². The van der Waals surface area contributed by atoms with E-state index in [0.29, 0.717) is 0 Å². The highest BCUT2D eigenvalue weighted by molar-refractivity contribution is 7.16. The summed E-state index contributed by atoms with van der Waals surface area (Å²) in [5, 5.41) is 10.1. The standard InChI is InChI=1S/C17H20N2O2S/c1-2-12-5-7-13(8-6-12)16-14(11-15(20)21)22-17(18-16)19-9-3-4-10-19/h5-8H,2-4,9-11H2,1H3,(H,20,21). The molecule has 2 heterocycles. The fraction of sp³-hybridized carbons (Fsp3) is 0.412. The highest BCUT2D eigenvalue weighted by Gasteiger charge is 2.21. The van der Waals surface area contributed by atoms with Gasteiger partial charge in [-0.2, -0.15) is 0 Å². The Labute approximate surface area is 134 Å². The lowest BCUT2D eigenvalue weighted by Gasteiger charge is -2.12. The van der Waals surface area contributed by atoms with Gasteiger partial charge in [0, 0.05) is 23.5 Å². The van der Waals surface area contributed by atoms with Crippen LogP contribution in [-0.2, 0) is 17.6 Å². The van der Waals surface area contributed by atoms with E-state index in [0.717, 1.165) is 40.8 Å². The largest absolute Gasteiger partial charge is 0.481 e. The van der Waals surface area contributed by atoms with Crippen molar-refractivity contribution in [2.45, 2.75) is 32.6 Å². The molecule has 1 N–H and O–H groups in total. The van der Waals surface area contributed by atoms with Crippen LogP contribution in [-0.4, -0.2) is 29.1 Å². The van der Waals surface area contributed by atoms with Crippen LogP contribution in [0.2, 0.25) is 0 Å². The third-order valence-corrected chi connectivity index (χ3v) is 5.13. The molecule has 0 unspecified atom stereocenters. The number of aromatic nitrogens is 1. The van der Waals surface area contributed by atoms with E-state index in [-0.39, 0.29) is 6.42 Å². The Morgan fingerprint density at radius 3 is 2.55 bits per heavy atom. The fourth-order valence-corrected chi connectivity index (χ4v) is 3.89. The number of anilines is 1. The summed E-state index contributed by atoms with van der Waals surface area (Å²) in [6.07, 6.45) is 3.41. The Morgan fingerprint density at radius 2 is 1.95 bits per heavy atom. The van der Waals surface area contributed by atoms with E-state index in [2.05, 4.69) is 24.0 Å². The molecule has 0 amide bonds. The van der Waals surface area contributed by atoms with Crippen LogP contribution in [0.25, 0.3) is 11.3 Å². The van der Waals surface area contributed by atoms with Crippen molar-refractivity contribution in [3.05, 3.63) is 34.7 Å². The predicted molar refractivity (Wildman–Crippen MR) is 89.7 cm³/mol. The minimum atomic E-state index is -0.803. The molecule has 22 heavy (non-hydrogen) atoms. The van der Waals surface area contributed by atoms with Crippen molar-refractivity contribution < 1.29 is 9.90 Å². The summed E-state index contributed by atoms with van der Waals surface area (Å²) in [6.45, 7) is 4.17. The average Bonchev–Trinajstić information content (AvgIpc) is 3.16. The molecule has 2 aromatic rings. The van der Waals surface area contributed by atoms with Gasteiger partial charge in [0.2, 0.25) is 0 Å². The molecule has 0 aliphatic carbocycles. The Balaban J connectivity index is 1.97. The topological polar surface area (TPSA) is 53.4 Å². The van der Waals surface area contributed by atoms with Gasteiger partial charge in [0.15, 0.2) is 5.13 Å². The number of carboxylic acids is 1. The van der Waals surface area contributed by atoms with Crippen LogP contribution in [0.1, 0.15) is 30.2 Å². The first-order valence-electron chi connectivity index (χ1n) is 7.73. The van der Waals surface area contributed by atoms with E-state index in [4.69, 9.17) is 10.1 Å². The third-order valence-electron chi connectivity index (χ3n) is 4.01. The van der Waals surface area contributed by atoms with Gasteiger partial charge in [-0.1, -0.05) is 31.2 Å². The molecule has 4 nitrogen and oxygen atoms in total. The molecule has 0 radical (unpaired) electrons. The van der Waals surface area contributed by atoms with Crippen LogP contribution in [0.3, 0.4) is 0 Å². The van der Waals surface area contributed by atoms with E-state index in [1.54, 1.807) is 0 Å². The molecule has 1 saturated heterocycles. The number of carbonyl (C=O) groups is 1. The summed E-state index contributed by atoms with van der Waals surface area (Å²) >= 11 is 1.52. The Morgan fingerprint density at radius 1 is 1.27 bits per heavy atom. The molecule has 1 aromatic carbocycles. The molecule has 5 heteroatoms. The SMILES string of the molecule is CCc1ccc(-c2nc(N3CCCC3)sc2CC(=O)O)cc1. The zero-order valence-corrected chi connectivity index (χ0v) is 13.5. The molecular formula is C17H20N2O2S. The van der Waals surface area contributed by atoms with Gasteiger partial charge in [-0.25, -0.2) is 4.98 Å². The lowest BCUT2D eigenvalue weighted by Crippen LogP contribution is -2.17. The van der Waals surface area contributed by atoms with E-state index in [1.807, 2.05) is 12.1 Å². The molecule has 116 valence electrons. The fourth-order valence-electron chi connectivity index (χ4n) is 2.76. The maximum absolute atomic E-state index is 11.1. The zero-order chi connectivity index (χ0) is 15.5. The molecule has 3 rings (SSSR count). The molecule has 0 spiro atoms. The van der Waals surface area contributed by atoms with Crippen LogP contribution >= 0.6 is 11.3 Å². The smallest absolute Gasteiger partial charge is 0.308 e. The number of nitrogens with zero attached hydrogens (tertiary/aromatic N) is 2. The van der Waals surface area contributed by atoms with Crippen molar-refractivity contribution in [1.29, 1.82) is 0 Å². The van der Waals surface area contributed by atoms with Gasteiger partial charge < -0.3 is 10.0 Å². The summed E-state index contributed by atoms with van der Waals surface area (Å²) in [6, 6.07) is 8.28. The molecule has 1 aliphatic rings. The summed E-state index contributed by atoms with van der Waals surface area (Å²) in [5.41, 5.74) is 3.12. The second-order valence-electron chi connectivity index (χ2n) is 5.58. The molecule has 1 fully saturated rings. The van der Waals surface area contributed by atoms with Crippen LogP contribution in [0.15, 0.2) is 24.3 Å². The lowest BCUT2D eigenvalue weighted by molar-refractivity contribution is -0.136. The van der Waals surface area contributed by atoms with Crippen LogP contribution in [0.5, 0.6) is 0 Å². The van der Waals surface area contributed by atoms with Crippen molar-refractivity contribution in [3.8, 4) is 11.3 Å². The van der Waals surface area contributed by atoms with E-state index < -0.39 is 5.97 Å². The van der Waals surface area contributed by atoms with Crippen molar-refractivity contribution in [1.82, 2.24) is 4.98 Å². The Bertz CT molecular complexity index is 658. The summed E-state index contributed by atoms with van der Waals surface area (Å²) in [5.74, 6) is -0.803. The van der Waals surface area contributed by atoms with Crippen molar-refractivity contribution >= 4 is 22.4 Å². The average molecular weight is 316 g/mol. The minimum absolute atomic E-state index is 0.0381. The second-order valence-corrected chi connectivity index (χ2v) is 6.65. The van der Waals surface area contributed by atoms with Crippen molar-refractivity contribution in [3.63, 3.8) is 0 Å². The normalized spacial score (nSPS) is 14.5. The first-order chi connectivity index (χ1) is 10.7. The van der Waals surface area contributed by atoms with E-state index in [1.165, 1.54) is 29.7 Å². The lowest BCUT2D eigenvalue weighted by atomic mass is 10.1. The van der Waals surface area contributed by atoms with Gasteiger partial charge in [-0.15, -0.1) is 11.3 Å². The highest BCUT2D eigenvalue weighted by Crippen LogP contribution is 2.35. The van der Waals surface area contributed by atoms with Gasteiger partial charge in [0.05, 0.1) is 12.1 Å². The van der Waals surface area contributed by atoms with Gasteiger partial charge in [0.25, 0.3) is 0 Å². The number of hydrogen-bond donors (Lipinski definition) is 1. The van der Waals surface area contributed by atoms with Crippen LogP contribution in [0.4, 0.5) is 5.13 Å². The highest BCUT2D eigenvalue weighted by atomic mass is 32.1. The predicted octanol–water partition coefficient (Wildman–Crippen LogP) is 3.60. The molecule has 0 atom stereocenters. The Kier molecular flexibility index (Phi) is 4.43. The number of aliphatic carboxylic acids is 1. The number of benzene rings is 1. The third kappa shape index (κ3) is 3.14. The summed E-state index contributed by atoms with van der Waals surface area (Å²) < 4.78 is 0. The summed E-state index contributed by atoms with van der Waals surface area (Å²) in [7, 11) is 0. The number of hydrogen-bond acceptors (Lipinski definition) is 4. The number of carboxylic acid groups (broad SMARTS) is 1. The van der Waals surface area contributed by atoms with E-state index in [9.17, 15) is 4.79 Å². The zero-order valence-electron chi connectivity index (χ0n) is 12.7. The quantitative estimate of drug-likeness (QED) is 0.915. The first-order valence-corrected chi connectivity index (χ1v) is 8.54. The molecular weight excluding hydrogens is 296 g/mol. The van der Waals surface area contributed by atoms with Crippen molar-refractivity contribution in [2.24, 2.45) is 0 Å². The molecule has 0 saturated carbocycles. The number of thiazole rings is 1. The monoisotopic (exact) mass is 316 g/mol. The number of rotatable bonds is 5. The molecule has 0 bridgehead atoms. The maximum atomic E-state index is 11.1. The first kappa shape index (κ1) is 15.0. The molecule has 1 aliphatic heterocycles. The van der Waals surface area contributed by atoms with Crippen LogP contribution in [0, 0.1) is 0 Å². The minimum Gasteiger partial charge on any atom is -0.481 e. The second kappa shape index (κ2) is 6.48. The maximum Gasteiger partial charge on any atom is 0.308 e. The molecule has 1 aromatic heterocycles. The summed E-state index contributed by atoms with van der Waals surface area (Å²) in [4.78, 5) is 19.0.